The lowest BCUT2D eigenvalue weighted by molar-refractivity contribution is 0.459. The van der Waals surface area contributed by atoms with Crippen LogP contribution in [0.1, 0.15) is 49.0 Å². The maximum atomic E-state index is 4.67. The number of nitrogens with one attached hydrogen (secondary N) is 2. The molecule has 146 valence electrons. The molecule has 1 aliphatic rings. The molecule has 0 radical (unpaired) electrons. The Morgan fingerprint density at radius 2 is 2.07 bits per heavy atom. The standard InChI is InChI=1S/C20H30N6S/c1-14(2)19-24-17(13-27-19)12-22-20(21-4)25-16-8-10-26(11-9-16)18-7-5-6-15(3)23-18/h5-7,13-14,16H,8-12H2,1-4H3,(H2,21,22,25). The number of aryl methyl sites for hydroxylation is 1. The average Bonchev–Trinajstić information content (AvgIpc) is 3.15. The third-order valence-corrected chi connectivity index (χ3v) is 5.95. The summed E-state index contributed by atoms with van der Waals surface area (Å²) in [6, 6.07) is 6.65. The molecule has 0 unspecified atom stereocenters. The van der Waals surface area contributed by atoms with Gasteiger partial charge in [-0.05, 0) is 31.9 Å². The molecule has 0 aliphatic carbocycles. The second-order valence-electron chi connectivity index (χ2n) is 7.30. The van der Waals surface area contributed by atoms with Gasteiger partial charge < -0.3 is 15.5 Å². The highest BCUT2D eigenvalue weighted by atomic mass is 32.1. The van der Waals surface area contributed by atoms with Crippen molar-refractivity contribution in [2.75, 3.05) is 25.0 Å². The molecule has 1 fully saturated rings. The fourth-order valence-electron chi connectivity index (χ4n) is 3.19. The van der Waals surface area contributed by atoms with Crippen molar-refractivity contribution in [1.82, 2.24) is 20.6 Å². The summed E-state index contributed by atoms with van der Waals surface area (Å²) in [5.41, 5.74) is 2.15. The van der Waals surface area contributed by atoms with E-state index in [1.165, 1.54) is 5.01 Å². The third kappa shape index (κ3) is 5.42. The summed E-state index contributed by atoms with van der Waals surface area (Å²) < 4.78 is 0. The highest BCUT2D eigenvalue weighted by Crippen LogP contribution is 2.19. The molecule has 2 N–H and O–H groups in total. The summed E-state index contributed by atoms with van der Waals surface area (Å²) in [5, 5.41) is 10.3. The normalized spacial score (nSPS) is 16.0. The Bertz CT molecular complexity index is 761. The molecule has 6 nitrogen and oxygen atoms in total. The molecule has 0 atom stereocenters. The molecule has 2 aromatic heterocycles. The van der Waals surface area contributed by atoms with E-state index in [2.05, 4.69) is 61.9 Å². The first kappa shape index (κ1) is 19.6. The van der Waals surface area contributed by atoms with E-state index in [0.717, 1.165) is 49.1 Å². The zero-order valence-electron chi connectivity index (χ0n) is 16.7. The molecule has 0 amide bonds. The number of rotatable bonds is 5. The molecular weight excluding hydrogens is 356 g/mol. The monoisotopic (exact) mass is 386 g/mol. The van der Waals surface area contributed by atoms with Crippen LogP contribution in [0.25, 0.3) is 0 Å². The van der Waals surface area contributed by atoms with Crippen LogP contribution in [-0.4, -0.2) is 42.1 Å². The van der Waals surface area contributed by atoms with E-state index in [1.54, 1.807) is 11.3 Å². The van der Waals surface area contributed by atoms with E-state index >= 15 is 0 Å². The van der Waals surface area contributed by atoms with Gasteiger partial charge in [0.25, 0.3) is 0 Å². The smallest absolute Gasteiger partial charge is 0.191 e. The predicted octanol–water partition coefficient (Wildman–Crippen LogP) is 3.30. The van der Waals surface area contributed by atoms with Crippen LogP contribution in [0.4, 0.5) is 5.82 Å². The first-order chi connectivity index (χ1) is 13.0. The van der Waals surface area contributed by atoms with Gasteiger partial charge in [-0.1, -0.05) is 19.9 Å². The predicted molar refractivity (Wildman–Crippen MR) is 114 cm³/mol. The van der Waals surface area contributed by atoms with E-state index < -0.39 is 0 Å². The zero-order chi connectivity index (χ0) is 19.2. The Balaban J connectivity index is 1.46. The fourth-order valence-corrected chi connectivity index (χ4v) is 4.02. The summed E-state index contributed by atoms with van der Waals surface area (Å²) >= 11 is 1.73. The van der Waals surface area contributed by atoms with Gasteiger partial charge in [-0.15, -0.1) is 11.3 Å². The van der Waals surface area contributed by atoms with Crippen LogP contribution in [-0.2, 0) is 6.54 Å². The van der Waals surface area contributed by atoms with Gasteiger partial charge in [-0.25, -0.2) is 9.97 Å². The van der Waals surface area contributed by atoms with Gasteiger partial charge >= 0.3 is 0 Å². The second kappa shape index (κ2) is 9.17. The number of aliphatic imine (C=N–C) groups is 1. The minimum absolute atomic E-state index is 0.430. The highest BCUT2D eigenvalue weighted by Gasteiger charge is 2.21. The lowest BCUT2D eigenvalue weighted by atomic mass is 10.1. The van der Waals surface area contributed by atoms with Crippen molar-refractivity contribution in [1.29, 1.82) is 0 Å². The Labute approximate surface area is 166 Å². The Hall–Kier alpha value is -2.15. The van der Waals surface area contributed by atoms with Crippen molar-refractivity contribution in [3.8, 4) is 0 Å². The molecule has 7 heteroatoms. The Morgan fingerprint density at radius 1 is 1.30 bits per heavy atom. The summed E-state index contributed by atoms with van der Waals surface area (Å²) in [5.74, 6) is 2.41. The van der Waals surface area contributed by atoms with Crippen molar-refractivity contribution in [2.45, 2.75) is 52.1 Å². The first-order valence-electron chi connectivity index (χ1n) is 9.65. The number of aromatic nitrogens is 2. The number of piperidine rings is 1. The molecule has 2 aromatic rings. The zero-order valence-corrected chi connectivity index (χ0v) is 17.5. The number of thiazole rings is 1. The highest BCUT2D eigenvalue weighted by molar-refractivity contribution is 7.09. The van der Waals surface area contributed by atoms with Crippen LogP contribution in [0.5, 0.6) is 0 Å². The first-order valence-corrected chi connectivity index (χ1v) is 10.5. The minimum Gasteiger partial charge on any atom is -0.356 e. The summed E-state index contributed by atoms with van der Waals surface area (Å²) in [7, 11) is 1.82. The minimum atomic E-state index is 0.430. The van der Waals surface area contributed by atoms with Crippen LogP contribution in [0, 0.1) is 6.92 Å². The lowest BCUT2D eigenvalue weighted by Crippen LogP contribution is -2.48. The van der Waals surface area contributed by atoms with Crippen molar-refractivity contribution in [3.63, 3.8) is 0 Å². The molecule has 3 heterocycles. The van der Waals surface area contributed by atoms with Crippen molar-refractivity contribution < 1.29 is 0 Å². The third-order valence-electron chi connectivity index (χ3n) is 4.76. The summed E-state index contributed by atoms with van der Waals surface area (Å²) in [6.07, 6.45) is 2.15. The van der Waals surface area contributed by atoms with Crippen LogP contribution in [0.15, 0.2) is 28.6 Å². The molecule has 3 rings (SSSR count). The van der Waals surface area contributed by atoms with Crippen molar-refractivity contribution >= 4 is 23.1 Å². The average molecular weight is 387 g/mol. The largest absolute Gasteiger partial charge is 0.356 e. The maximum absolute atomic E-state index is 4.67. The number of hydrogen-bond acceptors (Lipinski definition) is 5. The van der Waals surface area contributed by atoms with Crippen LogP contribution in [0.2, 0.25) is 0 Å². The van der Waals surface area contributed by atoms with Crippen LogP contribution in [0.3, 0.4) is 0 Å². The van der Waals surface area contributed by atoms with Gasteiger partial charge in [0.05, 0.1) is 17.2 Å². The Kier molecular flexibility index (Phi) is 6.66. The molecule has 1 saturated heterocycles. The topological polar surface area (TPSA) is 65.4 Å². The number of hydrogen-bond donors (Lipinski definition) is 2. The molecule has 27 heavy (non-hydrogen) atoms. The van der Waals surface area contributed by atoms with Gasteiger partial charge in [-0.2, -0.15) is 0 Å². The van der Waals surface area contributed by atoms with E-state index in [-0.39, 0.29) is 0 Å². The molecule has 1 aliphatic heterocycles. The van der Waals surface area contributed by atoms with E-state index in [0.29, 0.717) is 18.5 Å². The van der Waals surface area contributed by atoms with Gasteiger partial charge in [0.2, 0.25) is 0 Å². The summed E-state index contributed by atoms with van der Waals surface area (Å²) in [6.45, 7) is 9.11. The fraction of sp³-hybridized carbons (Fsp3) is 0.550. The molecular formula is C20H30N6S. The van der Waals surface area contributed by atoms with Crippen molar-refractivity contribution in [3.05, 3.63) is 40.0 Å². The van der Waals surface area contributed by atoms with Crippen LogP contribution >= 0.6 is 11.3 Å². The molecule has 0 aromatic carbocycles. The van der Waals surface area contributed by atoms with E-state index in [1.807, 2.05) is 20.0 Å². The van der Waals surface area contributed by atoms with Crippen LogP contribution < -0.4 is 15.5 Å². The van der Waals surface area contributed by atoms with Gasteiger partial charge in [0.1, 0.15) is 5.82 Å². The van der Waals surface area contributed by atoms with Crippen molar-refractivity contribution in [2.24, 2.45) is 4.99 Å². The van der Waals surface area contributed by atoms with Gasteiger partial charge in [-0.3, -0.25) is 4.99 Å². The maximum Gasteiger partial charge on any atom is 0.191 e. The lowest BCUT2D eigenvalue weighted by Gasteiger charge is -2.34. The Morgan fingerprint density at radius 3 is 2.70 bits per heavy atom. The summed E-state index contributed by atoms with van der Waals surface area (Å²) in [4.78, 5) is 16.0. The number of guanidine groups is 1. The van der Waals surface area contributed by atoms with Gasteiger partial charge in [0, 0.05) is 43.2 Å². The second-order valence-corrected chi connectivity index (χ2v) is 8.19. The molecule has 0 saturated carbocycles. The van der Waals surface area contributed by atoms with E-state index in [4.69, 9.17) is 0 Å². The molecule has 0 spiro atoms. The molecule has 0 bridgehead atoms. The van der Waals surface area contributed by atoms with E-state index in [9.17, 15) is 0 Å². The number of anilines is 1. The SMILES string of the molecule is CN=C(NCc1csc(C(C)C)n1)NC1CCN(c2cccc(C)n2)CC1. The number of pyridine rings is 1. The van der Waals surface area contributed by atoms with Gasteiger partial charge in [0.15, 0.2) is 5.96 Å². The quantitative estimate of drug-likeness (QED) is 0.610. The number of nitrogens with zero attached hydrogens (tertiary/aromatic N) is 4.